The minimum atomic E-state index is 0.317. The Kier molecular flexibility index (Phi) is 4.42. The van der Waals surface area contributed by atoms with E-state index in [-0.39, 0.29) is 0 Å². The molecule has 0 aliphatic carbocycles. The molecule has 0 atom stereocenters. The maximum Gasteiger partial charge on any atom is 0.0922 e. The molecule has 0 heterocycles. The van der Waals surface area contributed by atoms with Crippen molar-refractivity contribution in [2.75, 3.05) is 0 Å². The molecule has 8 heavy (non-hydrogen) atoms. The Balaban J connectivity index is 3.03. The first-order chi connectivity index (χ1) is 3.77. The summed E-state index contributed by atoms with van der Waals surface area (Å²) >= 11 is 0. The van der Waals surface area contributed by atoms with Gasteiger partial charge in [-0.25, -0.2) is 0 Å². The average Bonchev–Trinajstić information content (AvgIpc) is 1.66. The second-order valence-electron chi connectivity index (χ2n) is 1.96. The molecule has 0 aliphatic rings. The van der Waals surface area contributed by atoms with E-state index in [1.165, 1.54) is 0 Å². The standard InChI is InChI=1S/C7H14O/c1-4-5-6-8-7(2)3/h5-7H,4H2,1-3H3. The third kappa shape index (κ3) is 5.54. The van der Waals surface area contributed by atoms with Gasteiger partial charge in [-0.2, -0.15) is 0 Å². The number of ether oxygens (including phenoxy) is 1. The summed E-state index contributed by atoms with van der Waals surface area (Å²) in [5.41, 5.74) is 0. The molecule has 0 unspecified atom stereocenters. The molecular weight excluding hydrogens is 100 g/mol. The molecule has 1 heteroatoms. The van der Waals surface area contributed by atoms with Crippen LogP contribution in [0.2, 0.25) is 0 Å². The Labute approximate surface area is 51.4 Å². The van der Waals surface area contributed by atoms with E-state index >= 15 is 0 Å². The lowest BCUT2D eigenvalue weighted by molar-refractivity contribution is 0.179. The van der Waals surface area contributed by atoms with Gasteiger partial charge in [0, 0.05) is 0 Å². The topological polar surface area (TPSA) is 9.23 Å². The first-order valence-corrected chi connectivity index (χ1v) is 3.07. The van der Waals surface area contributed by atoms with Gasteiger partial charge in [0.15, 0.2) is 0 Å². The zero-order chi connectivity index (χ0) is 6.41. The van der Waals surface area contributed by atoms with Crippen molar-refractivity contribution in [2.45, 2.75) is 33.3 Å². The van der Waals surface area contributed by atoms with Crippen molar-refractivity contribution >= 4 is 0 Å². The summed E-state index contributed by atoms with van der Waals surface area (Å²) in [4.78, 5) is 0. The van der Waals surface area contributed by atoms with Crippen molar-refractivity contribution in [3.8, 4) is 0 Å². The molecular formula is C7H14O. The Bertz CT molecular complexity index is 64.8. The Morgan fingerprint density at radius 2 is 2.12 bits per heavy atom. The molecule has 48 valence electrons. The molecule has 0 rings (SSSR count). The van der Waals surface area contributed by atoms with E-state index in [4.69, 9.17) is 4.74 Å². The summed E-state index contributed by atoms with van der Waals surface area (Å²) in [6.07, 6.45) is 5.12. The number of hydrogen-bond acceptors (Lipinski definition) is 1. The van der Waals surface area contributed by atoms with Gasteiger partial charge in [0.1, 0.15) is 0 Å². The van der Waals surface area contributed by atoms with Gasteiger partial charge >= 0.3 is 0 Å². The summed E-state index contributed by atoms with van der Waals surface area (Å²) < 4.78 is 5.10. The minimum Gasteiger partial charge on any atom is -0.499 e. The molecule has 0 aliphatic heterocycles. The largest absolute Gasteiger partial charge is 0.499 e. The van der Waals surface area contributed by atoms with Crippen LogP contribution in [-0.2, 0) is 4.74 Å². The minimum absolute atomic E-state index is 0.317. The van der Waals surface area contributed by atoms with Gasteiger partial charge in [0.05, 0.1) is 12.4 Å². The van der Waals surface area contributed by atoms with Gasteiger partial charge in [0.25, 0.3) is 0 Å². The molecule has 0 fully saturated rings. The Hall–Kier alpha value is -0.460. The third-order valence-electron chi connectivity index (χ3n) is 0.683. The summed E-state index contributed by atoms with van der Waals surface area (Å²) in [5.74, 6) is 0. The highest BCUT2D eigenvalue weighted by atomic mass is 16.5. The fourth-order valence-corrected chi connectivity index (χ4v) is 0.309. The molecule has 0 aromatic carbocycles. The molecule has 0 bridgehead atoms. The summed E-state index contributed by atoms with van der Waals surface area (Å²) in [6.45, 7) is 6.11. The summed E-state index contributed by atoms with van der Waals surface area (Å²) in [6, 6.07) is 0. The molecule has 0 saturated carbocycles. The van der Waals surface area contributed by atoms with E-state index in [2.05, 4.69) is 6.92 Å². The van der Waals surface area contributed by atoms with Crippen molar-refractivity contribution in [1.82, 2.24) is 0 Å². The highest BCUT2D eigenvalue weighted by Gasteiger charge is 1.82. The van der Waals surface area contributed by atoms with Gasteiger partial charge in [-0.05, 0) is 20.3 Å². The van der Waals surface area contributed by atoms with Crippen LogP contribution in [0.15, 0.2) is 12.3 Å². The van der Waals surface area contributed by atoms with Gasteiger partial charge in [-0.15, -0.1) is 0 Å². The quantitative estimate of drug-likeness (QED) is 0.512. The van der Waals surface area contributed by atoms with E-state index in [0.29, 0.717) is 6.10 Å². The second kappa shape index (κ2) is 4.69. The Morgan fingerprint density at radius 3 is 2.50 bits per heavy atom. The third-order valence-corrected chi connectivity index (χ3v) is 0.683. The van der Waals surface area contributed by atoms with Crippen molar-refractivity contribution in [3.63, 3.8) is 0 Å². The van der Waals surface area contributed by atoms with Crippen LogP contribution in [0.25, 0.3) is 0 Å². The van der Waals surface area contributed by atoms with Crippen LogP contribution in [0.5, 0.6) is 0 Å². The first kappa shape index (κ1) is 7.54. The van der Waals surface area contributed by atoms with E-state index < -0.39 is 0 Å². The lowest BCUT2D eigenvalue weighted by atomic mass is 10.5. The van der Waals surface area contributed by atoms with Crippen LogP contribution in [0, 0.1) is 0 Å². The monoisotopic (exact) mass is 114 g/mol. The molecule has 0 spiro atoms. The van der Waals surface area contributed by atoms with E-state index in [1.54, 1.807) is 6.26 Å². The predicted molar refractivity (Wildman–Crippen MR) is 35.7 cm³/mol. The SMILES string of the molecule is CCC=COC(C)C. The lowest BCUT2D eigenvalue weighted by Crippen LogP contribution is -1.94. The van der Waals surface area contributed by atoms with E-state index in [9.17, 15) is 0 Å². The molecule has 0 amide bonds. The van der Waals surface area contributed by atoms with Crippen molar-refractivity contribution in [3.05, 3.63) is 12.3 Å². The maximum atomic E-state index is 5.10. The summed E-state index contributed by atoms with van der Waals surface area (Å²) in [5, 5.41) is 0. The second-order valence-corrected chi connectivity index (χ2v) is 1.96. The van der Waals surface area contributed by atoms with Crippen LogP contribution in [0.4, 0.5) is 0 Å². The molecule has 0 N–H and O–H groups in total. The van der Waals surface area contributed by atoms with Gasteiger partial charge in [0.2, 0.25) is 0 Å². The van der Waals surface area contributed by atoms with Crippen LogP contribution < -0.4 is 0 Å². The van der Waals surface area contributed by atoms with Crippen LogP contribution in [-0.4, -0.2) is 6.10 Å². The van der Waals surface area contributed by atoms with E-state index in [0.717, 1.165) is 6.42 Å². The van der Waals surface area contributed by atoms with Gasteiger partial charge in [-0.1, -0.05) is 13.0 Å². The molecule has 0 saturated heterocycles. The maximum absolute atomic E-state index is 5.10. The zero-order valence-corrected chi connectivity index (χ0v) is 5.85. The van der Waals surface area contributed by atoms with Gasteiger partial charge < -0.3 is 4.74 Å². The normalized spacial score (nSPS) is 11.0. The van der Waals surface area contributed by atoms with Gasteiger partial charge in [-0.3, -0.25) is 0 Å². The smallest absolute Gasteiger partial charge is 0.0922 e. The molecule has 1 nitrogen and oxygen atoms in total. The Morgan fingerprint density at radius 1 is 1.50 bits per heavy atom. The number of allylic oxidation sites excluding steroid dienone is 1. The number of rotatable bonds is 3. The lowest BCUT2D eigenvalue weighted by Gasteiger charge is -2.01. The summed E-state index contributed by atoms with van der Waals surface area (Å²) in [7, 11) is 0. The van der Waals surface area contributed by atoms with Crippen LogP contribution in [0.1, 0.15) is 27.2 Å². The fourth-order valence-electron chi connectivity index (χ4n) is 0.309. The van der Waals surface area contributed by atoms with E-state index in [1.807, 2.05) is 19.9 Å². The first-order valence-electron chi connectivity index (χ1n) is 3.07. The molecule has 0 radical (unpaired) electrons. The highest BCUT2D eigenvalue weighted by molar-refractivity contribution is 4.70. The average molecular weight is 114 g/mol. The highest BCUT2D eigenvalue weighted by Crippen LogP contribution is 1.88. The fraction of sp³-hybridized carbons (Fsp3) is 0.714. The molecule has 0 aromatic heterocycles. The predicted octanol–water partition coefficient (Wildman–Crippen LogP) is 2.34. The zero-order valence-electron chi connectivity index (χ0n) is 5.85. The van der Waals surface area contributed by atoms with Crippen LogP contribution >= 0.6 is 0 Å². The van der Waals surface area contributed by atoms with Crippen molar-refractivity contribution in [1.29, 1.82) is 0 Å². The van der Waals surface area contributed by atoms with Crippen molar-refractivity contribution < 1.29 is 4.74 Å². The van der Waals surface area contributed by atoms with Crippen molar-refractivity contribution in [2.24, 2.45) is 0 Å². The number of hydrogen-bond donors (Lipinski definition) is 0. The van der Waals surface area contributed by atoms with Crippen LogP contribution in [0.3, 0.4) is 0 Å². The molecule has 0 aromatic rings.